The first-order valence-corrected chi connectivity index (χ1v) is 3.90. The molecule has 0 N–H and O–H groups in total. The van der Waals surface area contributed by atoms with Gasteiger partial charge in [-0.05, 0) is 30.2 Å². The van der Waals surface area contributed by atoms with Gasteiger partial charge in [-0.25, -0.2) is 4.79 Å². The van der Waals surface area contributed by atoms with Crippen LogP contribution in [0.25, 0.3) is 6.08 Å². The summed E-state index contributed by atoms with van der Waals surface area (Å²) < 4.78 is 4.47. The van der Waals surface area contributed by atoms with E-state index in [-0.39, 0.29) is 5.97 Å². The van der Waals surface area contributed by atoms with Gasteiger partial charge in [-0.2, -0.15) is 0 Å². The number of rotatable bonds is 2. The molecule has 0 unspecified atom stereocenters. The minimum Gasteiger partial charge on any atom is -0.466 e. The summed E-state index contributed by atoms with van der Waals surface area (Å²) in [7, 11) is 1.35. The smallest absolute Gasteiger partial charge is 0.330 e. The number of ether oxygens (including phenoxy) is 1. The zero-order valence-electron chi connectivity index (χ0n) is 7.65. The number of methoxy groups -OCH3 is 1. The molecular formula is C10H11NO2. The second kappa shape index (κ2) is 4.40. The van der Waals surface area contributed by atoms with Gasteiger partial charge in [0.25, 0.3) is 0 Å². The van der Waals surface area contributed by atoms with E-state index >= 15 is 0 Å². The molecule has 13 heavy (non-hydrogen) atoms. The first-order valence-electron chi connectivity index (χ1n) is 3.90. The van der Waals surface area contributed by atoms with Gasteiger partial charge in [0.15, 0.2) is 0 Å². The Morgan fingerprint density at radius 2 is 2.38 bits per heavy atom. The Labute approximate surface area is 77.1 Å². The maximum absolute atomic E-state index is 10.8. The number of esters is 1. The summed E-state index contributed by atoms with van der Waals surface area (Å²) in [6, 6.07) is 1.89. The summed E-state index contributed by atoms with van der Waals surface area (Å²) in [5.41, 5.74) is 2.00. The summed E-state index contributed by atoms with van der Waals surface area (Å²) in [6.07, 6.45) is 6.48. The Bertz CT molecular complexity index is 331. The van der Waals surface area contributed by atoms with Crippen molar-refractivity contribution >= 4 is 12.0 Å². The fourth-order valence-electron chi connectivity index (χ4n) is 0.877. The van der Waals surface area contributed by atoms with Crippen LogP contribution < -0.4 is 0 Å². The third-order valence-corrected chi connectivity index (χ3v) is 1.68. The molecule has 0 atom stereocenters. The molecule has 68 valence electrons. The highest BCUT2D eigenvalue weighted by Gasteiger charge is 1.94. The highest BCUT2D eigenvalue weighted by atomic mass is 16.5. The molecule has 0 aliphatic carbocycles. The fourth-order valence-corrected chi connectivity index (χ4v) is 0.877. The number of hydrogen-bond acceptors (Lipinski definition) is 3. The lowest BCUT2D eigenvalue weighted by atomic mass is 10.1. The van der Waals surface area contributed by atoms with E-state index in [0.717, 1.165) is 11.1 Å². The summed E-state index contributed by atoms with van der Waals surface area (Å²) in [5.74, 6) is -0.358. The lowest BCUT2D eigenvalue weighted by molar-refractivity contribution is -0.134. The van der Waals surface area contributed by atoms with E-state index in [4.69, 9.17) is 0 Å². The molecule has 0 aliphatic heterocycles. The molecule has 0 saturated carbocycles. The van der Waals surface area contributed by atoms with Crippen LogP contribution in [0.2, 0.25) is 0 Å². The topological polar surface area (TPSA) is 39.2 Å². The van der Waals surface area contributed by atoms with Crippen LogP contribution in [0.15, 0.2) is 24.5 Å². The molecule has 0 spiro atoms. The van der Waals surface area contributed by atoms with Gasteiger partial charge in [0.05, 0.1) is 7.11 Å². The number of aromatic nitrogens is 1. The van der Waals surface area contributed by atoms with Gasteiger partial charge in [-0.15, -0.1) is 0 Å². The van der Waals surface area contributed by atoms with Crippen LogP contribution in [0.1, 0.15) is 11.1 Å². The Hall–Kier alpha value is -1.64. The van der Waals surface area contributed by atoms with Crippen LogP contribution in [0.3, 0.4) is 0 Å². The SMILES string of the molecule is COC(=O)/C=C/c1cnccc1C. The number of carbonyl (C=O) groups excluding carboxylic acids is 1. The lowest BCUT2D eigenvalue weighted by Crippen LogP contribution is -1.93. The predicted octanol–water partition coefficient (Wildman–Crippen LogP) is 1.58. The van der Waals surface area contributed by atoms with Crippen LogP contribution in [-0.4, -0.2) is 18.1 Å². The minimum atomic E-state index is -0.358. The van der Waals surface area contributed by atoms with Gasteiger partial charge in [0.1, 0.15) is 0 Å². The normalized spacial score (nSPS) is 10.3. The van der Waals surface area contributed by atoms with Gasteiger partial charge in [-0.1, -0.05) is 0 Å². The maximum Gasteiger partial charge on any atom is 0.330 e. The molecule has 3 heteroatoms. The van der Waals surface area contributed by atoms with E-state index in [9.17, 15) is 4.79 Å². The highest BCUT2D eigenvalue weighted by Crippen LogP contribution is 2.06. The van der Waals surface area contributed by atoms with E-state index in [0.29, 0.717) is 0 Å². The van der Waals surface area contributed by atoms with Crippen LogP contribution >= 0.6 is 0 Å². The van der Waals surface area contributed by atoms with E-state index < -0.39 is 0 Å². The third kappa shape index (κ3) is 2.71. The van der Waals surface area contributed by atoms with Gasteiger partial charge >= 0.3 is 5.97 Å². The lowest BCUT2D eigenvalue weighted by Gasteiger charge is -1.96. The third-order valence-electron chi connectivity index (χ3n) is 1.68. The van der Waals surface area contributed by atoms with Crippen molar-refractivity contribution in [2.45, 2.75) is 6.92 Å². The Morgan fingerprint density at radius 1 is 1.62 bits per heavy atom. The van der Waals surface area contributed by atoms with Gasteiger partial charge < -0.3 is 4.74 Å². The molecule has 1 rings (SSSR count). The van der Waals surface area contributed by atoms with Gasteiger partial charge in [0.2, 0.25) is 0 Å². The molecule has 0 saturated heterocycles. The van der Waals surface area contributed by atoms with Crippen molar-refractivity contribution in [3.05, 3.63) is 35.7 Å². The summed E-state index contributed by atoms with van der Waals surface area (Å²) in [4.78, 5) is 14.7. The molecule has 1 aromatic rings. The molecule has 0 radical (unpaired) electrons. The summed E-state index contributed by atoms with van der Waals surface area (Å²) >= 11 is 0. The average molecular weight is 177 g/mol. The molecule has 0 aromatic carbocycles. The number of aryl methyl sites for hydroxylation is 1. The molecule has 1 heterocycles. The molecule has 0 aliphatic rings. The van der Waals surface area contributed by atoms with E-state index in [1.165, 1.54) is 13.2 Å². The maximum atomic E-state index is 10.8. The fraction of sp³-hybridized carbons (Fsp3) is 0.200. The molecule has 3 nitrogen and oxygen atoms in total. The second-order valence-electron chi connectivity index (χ2n) is 2.59. The Morgan fingerprint density at radius 3 is 3.00 bits per heavy atom. The average Bonchev–Trinajstić information content (AvgIpc) is 2.16. The summed E-state index contributed by atoms with van der Waals surface area (Å²) in [5, 5.41) is 0. The number of nitrogens with zero attached hydrogens (tertiary/aromatic N) is 1. The molecule has 0 fully saturated rings. The van der Waals surface area contributed by atoms with Crippen molar-refractivity contribution in [3.8, 4) is 0 Å². The van der Waals surface area contributed by atoms with E-state index in [1.54, 1.807) is 18.5 Å². The first kappa shape index (κ1) is 9.45. The minimum absolute atomic E-state index is 0.358. The predicted molar refractivity (Wildman–Crippen MR) is 50.0 cm³/mol. The van der Waals surface area contributed by atoms with Crippen LogP contribution in [0.4, 0.5) is 0 Å². The Balaban J connectivity index is 2.80. The monoisotopic (exact) mass is 177 g/mol. The van der Waals surface area contributed by atoms with Crippen LogP contribution in [0, 0.1) is 6.92 Å². The van der Waals surface area contributed by atoms with Crippen molar-refractivity contribution in [1.29, 1.82) is 0 Å². The van der Waals surface area contributed by atoms with Crippen LogP contribution in [0.5, 0.6) is 0 Å². The van der Waals surface area contributed by atoms with Crippen molar-refractivity contribution in [2.24, 2.45) is 0 Å². The Kier molecular flexibility index (Phi) is 3.20. The van der Waals surface area contributed by atoms with Crippen LogP contribution in [-0.2, 0) is 9.53 Å². The number of carbonyl (C=O) groups is 1. The van der Waals surface area contributed by atoms with Crippen molar-refractivity contribution in [2.75, 3.05) is 7.11 Å². The molecule has 1 aromatic heterocycles. The standard InChI is InChI=1S/C10H11NO2/c1-8-5-6-11-7-9(8)3-4-10(12)13-2/h3-7H,1-2H3/b4-3+. The summed E-state index contributed by atoms with van der Waals surface area (Å²) in [6.45, 7) is 1.96. The largest absolute Gasteiger partial charge is 0.466 e. The molecule has 0 bridgehead atoms. The number of pyridine rings is 1. The molecule has 0 amide bonds. The van der Waals surface area contributed by atoms with Gasteiger partial charge in [0, 0.05) is 18.5 Å². The number of hydrogen-bond donors (Lipinski definition) is 0. The van der Waals surface area contributed by atoms with Crippen molar-refractivity contribution in [1.82, 2.24) is 4.98 Å². The zero-order valence-corrected chi connectivity index (χ0v) is 7.65. The first-order chi connectivity index (χ1) is 6.24. The highest BCUT2D eigenvalue weighted by molar-refractivity contribution is 5.87. The van der Waals surface area contributed by atoms with Gasteiger partial charge in [-0.3, -0.25) is 4.98 Å². The quantitative estimate of drug-likeness (QED) is 0.508. The molecular weight excluding hydrogens is 166 g/mol. The van der Waals surface area contributed by atoms with Crippen molar-refractivity contribution < 1.29 is 9.53 Å². The van der Waals surface area contributed by atoms with E-state index in [2.05, 4.69) is 9.72 Å². The zero-order chi connectivity index (χ0) is 9.68. The van der Waals surface area contributed by atoms with E-state index in [1.807, 2.05) is 13.0 Å². The van der Waals surface area contributed by atoms with Crippen molar-refractivity contribution in [3.63, 3.8) is 0 Å². The second-order valence-corrected chi connectivity index (χ2v) is 2.59.